The number of hydrogen-bond acceptors (Lipinski definition) is 4. The van der Waals surface area contributed by atoms with Gasteiger partial charge in [0.05, 0.1) is 17.9 Å². The molecule has 0 fully saturated rings. The number of carbonyl (C=O) groups is 1. The third-order valence-electron chi connectivity index (χ3n) is 2.98. The van der Waals surface area contributed by atoms with Crippen LogP contribution in [-0.4, -0.2) is 29.4 Å². The summed E-state index contributed by atoms with van der Waals surface area (Å²) in [7, 11) is 0. The molecule has 1 unspecified atom stereocenters. The fourth-order valence-corrected chi connectivity index (χ4v) is 2.75. The smallest absolute Gasteiger partial charge is 0.251 e. The van der Waals surface area contributed by atoms with Gasteiger partial charge in [-0.3, -0.25) is 4.79 Å². The lowest BCUT2D eigenvalue weighted by Gasteiger charge is -2.26. The van der Waals surface area contributed by atoms with Gasteiger partial charge >= 0.3 is 0 Å². The van der Waals surface area contributed by atoms with E-state index in [0.29, 0.717) is 24.3 Å². The lowest BCUT2D eigenvalue weighted by molar-refractivity contribution is 0.0902. The molecule has 0 heterocycles. The first-order valence-corrected chi connectivity index (χ1v) is 7.89. The number of nitriles is 1. The Morgan fingerprint density at radius 3 is 2.86 bits per heavy atom. The summed E-state index contributed by atoms with van der Waals surface area (Å²) in [6.45, 7) is 6.28. The van der Waals surface area contributed by atoms with Crippen LogP contribution in [0.15, 0.2) is 29.2 Å². The zero-order valence-corrected chi connectivity index (χ0v) is 13.5. The van der Waals surface area contributed by atoms with Crippen molar-refractivity contribution in [2.45, 2.75) is 38.2 Å². The molecule has 1 amide bonds. The topological polar surface area (TPSA) is 73.1 Å². The van der Waals surface area contributed by atoms with Crippen molar-refractivity contribution < 1.29 is 9.90 Å². The number of aliphatic hydroxyl groups excluding tert-OH is 1. The van der Waals surface area contributed by atoms with E-state index in [-0.39, 0.29) is 17.4 Å². The van der Waals surface area contributed by atoms with Crippen molar-refractivity contribution in [3.05, 3.63) is 29.8 Å². The van der Waals surface area contributed by atoms with Crippen LogP contribution in [0.5, 0.6) is 0 Å². The molecule has 2 N–H and O–H groups in total. The van der Waals surface area contributed by atoms with Gasteiger partial charge in [-0.2, -0.15) is 5.26 Å². The maximum Gasteiger partial charge on any atom is 0.251 e. The average molecular weight is 306 g/mol. The lowest BCUT2D eigenvalue weighted by atomic mass is 9.87. The standard InChI is InChI=1S/C16H22N2O2S/c1-12(19)10-16(2,3)11-18-15(20)13-5-4-6-14(9-13)21-8-7-17/h4-6,9,12,19H,8,10-11H2,1-3H3,(H,18,20). The van der Waals surface area contributed by atoms with Gasteiger partial charge in [-0.1, -0.05) is 19.9 Å². The van der Waals surface area contributed by atoms with Gasteiger partial charge in [0, 0.05) is 17.0 Å². The Hall–Kier alpha value is -1.51. The first-order valence-electron chi connectivity index (χ1n) is 6.90. The van der Waals surface area contributed by atoms with E-state index < -0.39 is 0 Å². The number of amides is 1. The summed E-state index contributed by atoms with van der Waals surface area (Å²) >= 11 is 1.41. The Bertz CT molecular complexity index is 521. The highest BCUT2D eigenvalue weighted by Crippen LogP contribution is 2.22. The summed E-state index contributed by atoms with van der Waals surface area (Å²) < 4.78 is 0. The minimum Gasteiger partial charge on any atom is -0.393 e. The first-order chi connectivity index (χ1) is 9.84. The molecule has 0 aromatic heterocycles. The Morgan fingerprint density at radius 1 is 1.52 bits per heavy atom. The van der Waals surface area contributed by atoms with Crippen molar-refractivity contribution in [3.8, 4) is 6.07 Å². The highest BCUT2D eigenvalue weighted by Gasteiger charge is 2.21. The Balaban J connectivity index is 2.61. The minimum absolute atomic E-state index is 0.131. The zero-order valence-electron chi connectivity index (χ0n) is 12.7. The molecule has 0 radical (unpaired) electrons. The molecule has 114 valence electrons. The third-order valence-corrected chi connectivity index (χ3v) is 3.84. The van der Waals surface area contributed by atoms with Crippen molar-refractivity contribution in [1.29, 1.82) is 5.26 Å². The normalized spacial score (nSPS) is 12.5. The molecule has 1 aromatic carbocycles. The average Bonchev–Trinajstić information content (AvgIpc) is 2.41. The van der Waals surface area contributed by atoms with Crippen LogP contribution in [0.25, 0.3) is 0 Å². The molecular formula is C16H22N2O2S. The predicted octanol–water partition coefficient (Wildman–Crippen LogP) is 2.83. The largest absolute Gasteiger partial charge is 0.393 e. The fourth-order valence-electron chi connectivity index (χ4n) is 2.14. The number of hydrogen-bond donors (Lipinski definition) is 2. The fraction of sp³-hybridized carbons (Fsp3) is 0.500. The number of thioether (sulfide) groups is 1. The van der Waals surface area contributed by atoms with E-state index in [1.54, 1.807) is 19.1 Å². The number of aliphatic hydroxyl groups is 1. The molecule has 0 aliphatic rings. The molecule has 0 aliphatic heterocycles. The van der Waals surface area contributed by atoms with Crippen molar-refractivity contribution in [3.63, 3.8) is 0 Å². The van der Waals surface area contributed by atoms with Gasteiger partial charge in [0.15, 0.2) is 0 Å². The molecule has 1 atom stereocenters. The third kappa shape index (κ3) is 6.65. The maximum atomic E-state index is 12.2. The van der Waals surface area contributed by atoms with E-state index in [0.717, 1.165) is 4.90 Å². The van der Waals surface area contributed by atoms with Crippen molar-refractivity contribution >= 4 is 17.7 Å². The molecule has 21 heavy (non-hydrogen) atoms. The van der Waals surface area contributed by atoms with Gasteiger partial charge in [0.2, 0.25) is 0 Å². The SMILES string of the molecule is CC(O)CC(C)(C)CNC(=O)c1cccc(SCC#N)c1. The highest BCUT2D eigenvalue weighted by atomic mass is 32.2. The summed E-state index contributed by atoms with van der Waals surface area (Å²) in [5.41, 5.74) is 0.433. The van der Waals surface area contributed by atoms with Gasteiger partial charge in [-0.05, 0) is 37.0 Å². The first kappa shape index (κ1) is 17.5. The molecule has 0 spiro atoms. The van der Waals surface area contributed by atoms with Crippen molar-refractivity contribution in [2.75, 3.05) is 12.3 Å². The van der Waals surface area contributed by atoms with Gasteiger partial charge in [-0.15, -0.1) is 11.8 Å². The molecule has 0 bridgehead atoms. The van der Waals surface area contributed by atoms with Gasteiger partial charge in [0.1, 0.15) is 0 Å². The summed E-state index contributed by atoms with van der Waals surface area (Å²) in [6, 6.07) is 9.32. The van der Waals surface area contributed by atoms with E-state index in [9.17, 15) is 9.90 Å². The Morgan fingerprint density at radius 2 is 2.24 bits per heavy atom. The summed E-state index contributed by atoms with van der Waals surface area (Å²) in [4.78, 5) is 13.1. The van der Waals surface area contributed by atoms with Crippen LogP contribution < -0.4 is 5.32 Å². The van der Waals surface area contributed by atoms with Crippen LogP contribution in [0, 0.1) is 16.7 Å². The summed E-state index contributed by atoms with van der Waals surface area (Å²) in [5.74, 6) is 0.236. The minimum atomic E-state index is -0.386. The Labute approximate surface area is 130 Å². The van der Waals surface area contributed by atoms with Crippen LogP contribution in [0.3, 0.4) is 0 Å². The molecule has 0 aliphatic carbocycles. The number of carbonyl (C=O) groups excluding carboxylic acids is 1. The van der Waals surface area contributed by atoms with Crippen molar-refractivity contribution in [1.82, 2.24) is 5.32 Å². The molecule has 5 heteroatoms. The number of nitrogens with one attached hydrogen (secondary N) is 1. The second-order valence-corrected chi connectivity index (χ2v) is 6.92. The van der Waals surface area contributed by atoms with Crippen LogP contribution in [0.1, 0.15) is 37.6 Å². The van der Waals surface area contributed by atoms with E-state index >= 15 is 0 Å². The molecule has 4 nitrogen and oxygen atoms in total. The van der Waals surface area contributed by atoms with Crippen LogP contribution >= 0.6 is 11.8 Å². The van der Waals surface area contributed by atoms with E-state index in [1.807, 2.05) is 26.0 Å². The van der Waals surface area contributed by atoms with Gasteiger partial charge < -0.3 is 10.4 Å². The van der Waals surface area contributed by atoms with E-state index in [2.05, 4.69) is 11.4 Å². The monoisotopic (exact) mass is 306 g/mol. The highest BCUT2D eigenvalue weighted by molar-refractivity contribution is 7.99. The Kier molecular flexibility index (Phi) is 6.73. The predicted molar refractivity (Wildman–Crippen MR) is 85.2 cm³/mol. The summed E-state index contributed by atoms with van der Waals surface area (Å²) in [6.07, 6.45) is 0.244. The van der Waals surface area contributed by atoms with Crippen LogP contribution in [0.2, 0.25) is 0 Å². The molecule has 1 rings (SSSR count). The number of rotatable bonds is 7. The second-order valence-electron chi connectivity index (χ2n) is 5.87. The molecule has 1 aromatic rings. The van der Waals surface area contributed by atoms with Crippen LogP contribution in [-0.2, 0) is 0 Å². The van der Waals surface area contributed by atoms with Gasteiger partial charge in [-0.25, -0.2) is 0 Å². The quantitative estimate of drug-likeness (QED) is 0.760. The van der Waals surface area contributed by atoms with Gasteiger partial charge in [0.25, 0.3) is 5.91 Å². The maximum absolute atomic E-state index is 12.2. The number of benzene rings is 1. The molecule has 0 saturated carbocycles. The molecule has 0 saturated heterocycles. The second kappa shape index (κ2) is 8.06. The van der Waals surface area contributed by atoms with Crippen LogP contribution in [0.4, 0.5) is 0 Å². The molecular weight excluding hydrogens is 284 g/mol. The summed E-state index contributed by atoms with van der Waals surface area (Å²) in [5, 5.41) is 20.9. The van der Waals surface area contributed by atoms with Crippen molar-refractivity contribution in [2.24, 2.45) is 5.41 Å². The zero-order chi connectivity index (χ0) is 15.9. The number of nitrogens with zero attached hydrogens (tertiary/aromatic N) is 1. The van der Waals surface area contributed by atoms with E-state index in [4.69, 9.17) is 5.26 Å². The van der Waals surface area contributed by atoms with E-state index in [1.165, 1.54) is 11.8 Å². The lowest BCUT2D eigenvalue weighted by Crippen LogP contribution is -2.35.